The van der Waals surface area contributed by atoms with Crippen LogP contribution in [0.3, 0.4) is 0 Å². The molecule has 0 saturated heterocycles. The number of hydrogen-bond acceptors (Lipinski definition) is 3. The molecule has 0 heterocycles. The van der Waals surface area contributed by atoms with Crippen LogP contribution in [-0.2, 0) is 0 Å². The molecular formula is C16H14O2S. The van der Waals surface area contributed by atoms with Crippen LogP contribution in [0.1, 0.15) is 16.7 Å². The molecule has 2 nitrogen and oxygen atoms in total. The van der Waals surface area contributed by atoms with Gasteiger partial charge in [0.2, 0.25) is 0 Å². The van der Waals surface area contributed by atoms with E-state index in [-0.39, 0.29) is 11.5 Å². The van der Waals surface area contributed by atoms with Crippen molar-refractivity contribution in [3.8, 4) is 11.5 Å². The van der Waals surface area contributed by atoms with Crippen molar-refractivity contribution in [3.05, 3.63) is 65.2 Å². The van der Waals surface area contributed by atoms with Crippen LogP contribution in [-0.4, -0.2) is 15.1 Å². The van der Waals surface area contributed by atoms with Gasteiger partial charge in [0.05, 0.1) is 0 Å². The number of rotatable bonds is 3. The van der Waals surface area contributed by atoms with Gasteiger partial charge >= 0.3 is 0 Å². The van der Waals surface area contributed by atoms with Crippen molar-refractivity contribution < 1.29 is 10.2 Å². The molecule has 0 aliphatic rings. The van der Waals surface area contributed by atoms with Crippen molar-refractivity contribution in [1.82, 2.24) is 0 Å². The van der Waals surface area contributed by atoms with Gasteiger partial charge in [-0.05, 0) is 30.7 Å². The highest BCUT2D eigenvalue weighted by molar-refractivity contribution is 7.81. The van der Waals surface area contributed by atoms with E-state index in [1.54, 1.807) is 24.3 Å². The van der Waals surface area contributed by atoms with Crippen molar-refractivity contribution in [2.45, 2.75) is 6.92 Å². The molecule has 0 aromatic heterocycles. The lowest BCUT2D eigenvalue weighted by molar-refractivity contribution is 0.403. The average molecular weight is 270 g/mol. The topological polar surface area (TPSA) is 40.5 Å². The number of thiocarbonyl (C=S) groups is 1. The number of phenols is 2. The van der Waals surface area contributed by atoms with Crippen molar-refractivity contribution in [1.29, 1.82) is 0 Å². The minimum atomic E-state index is -0.136. The van der Waals surface area contributed by atoms with Crippen LogP contribution in [0.5, 0.6) is 11.5 Å². The van der Waals surface area contributed by atoms with E-state index in [2.05, 4.69) is 0 Å². The Morgan fingerprint density at radius 3 is 2.42 bits per heavy atom. The fourth-order valence-corrected chi connectivity index (χ4v) is 1.87. The molecule has 2 rings (SSSR count). The van der Waals surface area contributed by atoms with Gasteiger partial charge < -0.3 is 10.2 Å². The molecule has 0 aliphatic carbocycles. The van der Waals surface area contributed by atoms with E-state index in [1.807, 2.05) is 31.2 Å². The summed E-state index contributed by atoms with van der Waals surface area (Å²) in [6.07, 6.45) is 3.44. The van der Waals surface area contributed by atoms with Gasteiger partial charge in [0.15, 0.2) is 11.5 Å². The lowest BCUT2D eigenvalue weighted by Crippen LogP contribution is -1.91. The Kier molecular flexibility index (Phi) is 3.97. The van der Waals surface area contributed by atoms with Crippen LogP contribution >= 0.6 is 12.2 Å². The third kappa shape index (κ3) is 3.20. The molecule has 0 fully saturated rings. The number of aryl methyl sites for hydroxylation is 1. The Labute approximate surface area is 117 Å². The lowest BCUT2D eigenvalue weighted by atomic mass is 10.1. The predicted octanol–water partition coefficient (Wildman–Crippen LogP) is 3.84. The minimum Gasteiger partial charge on any atom is -0.504 e. The number of para-hydroxylation sites is 1. The van der Waals surface area contributed by atoms with Crippen LogP contribution in [0.2, 0.25) is 0 Å². The summed E-state index contributed by atoms with van der Waals surface area (Å²) < 4.78 is 0. The Morgan fingerprint density at radius 1 is 1.05 bits per heavy atom. The molecule has 2 aromatic rings. The third-order valence-electron chi connectivity index (χ3n) is 2.80. The lowest BCUT2D eigenvalue weighted by Gasteiger charge is -2.02. The van der Waals surface area contributed by atoms with Crippen LogP contribution in [0.15, 0.2) is 48.5 Å². The predicted molar refractivity (Wildman–Crippen MR) is 81.7 cm³/mol. The summed E-state index contributed by atoms with van der Waals surface area (Å²) in [7, 11) is 0. The zero-order valence-corrected chi connectivity index (χ0v) is 11.3. The summed E-state index contributed by atoms with van der Waals surface area (Å²) in [5.74, 6) is -0.270. The molecule has 3 heteroatoms. The van der Waals surface area contributed by atoms with Crippen LogP contribution in [0.25, 0.3) is 6.08 Å². The second-order valence-electron chi connectivity index (χ2n) is 4.28. The van der Waals surface area contributed by atoms with Crippen LogP contribution in [0, 0.1) is 6.92 Å². The fraction of sp³-hybridized carbons (Fsp3) is 0.0625. The summed E-state index contributed by atoms with van der Waals surface area (Å²) in [5.41, 5.74) is 2.67. The first-order valence-electron chi connectivity index (χ1n) is 5.88. The summed E-state index contributed by atoms with van der Waals surface area (Å²) in [5, 5.41) is 19.1. The highest BCUT2D eigenvalue weighted by atomic mass is 32.1. The van der Waals surface area contributed by atoms with Gasteiger partial charge in [0, 0.05) is 10.4 Å². The molecule has 19 heavy (non-hydrogen) atoms. The molecule has 0 radical (unpaired) electrons. The fourth-order valence-electron chi connectivity index (χ4n) is 1.66. The largest absolute Gasteiger partial charge is 0.504 e. The number of hydrogen-bond donors (Lipinski definition) is 2. The van der Waals surface area contributed by atoms with Gasteiger partial charge in [0.1, 0.15) is 0 Å². The third-order valence-corrected chi connectivity index (χ3v) is 3.17. The molecule has 0 aliphatic heterocycles. The van der Waals surface area contributed by atoms with E-state index in [0.717, 1.165) is 5.56 Å². The minimum absolute atomic E-state index is 0.134. The molecule has 0 bridgehead atoms. The Balaban J connectivity index is 2.21. The summed E-state index contributed by atoms with van der Waals surface area (Å²) in [6, 6.07) is 12.7. The van der Waals surface area contributed by atoms with Gasteiger partial charge in [-0.3, -0.25) is 0 Å². The molecule has 2 N–H and O–H groups in total. The molecule has 0 amide bonds. The van der Waals surface area contributed by atoms with E-state index in [0.29, 0.717) is 10.4 Å². The summed E-state index contributed by atoms with van der Waals surface area (Å²) in [4.78, 5) is 0.683. The molecule has 0 saturated carbocycles. The first kappa shape index (κ1) is 13.3. The van der Waals surface area contributed by atoms with Gasteiger partial charge in [-0.15, -0.1) is 0 Å². The van der Waals surface area contributed by atoms with E-state index in [4.69, 9.17) is 12.2 Å². The second-order valence-corrected chi connectivity index (χ2v) is 4.72. The highest BCUT2D eigenvalue weighted by Crippen LogP contribution is 2.29. The first-order valence-corrected chi connectivity index (χ1v) is 6.29. The number of aromatic hydroxyl groups is 2. The van der Waals surface area contributed by atoms with Gasteiger partial charge in [0.25, 0.3) is 0 Å². The van der Waals surface area contributed by atoms with E-state index in [1.165, 1.54) is 11.6 Å². The quantitative estimate of drug-likeness (QED) is 0.385. The van der Waals surface area contributed by atoms with Gasteiger partial charge in [-0.2, -0.15) is 0 Å². The molecule has 0 unspecified atom stereocenters. The van der Waals surface area contributed by atoms with Crippen molar-refractivity contribution in [2.75, 3.05) is 0 Å². The van der Waals surface area contributed by atoms with Gasteiger partial charge in [-0.1, -0.05) is 54.2 Å². The summed E-state index contributed by atoms with van der Waals surface area (Å²) >= 11 is 5.31. The first-order chi connectivity index (χ1) is 9.08. The number of benzene rings is 2. The average Bonchev–Trinajstić information content (AvgIpc) is 2.41. The van der Waals surface area contributed by atoms with E-state index in [9.17, 15) is 10.2 Å². The number of phenolic OH excluding ortho intramolecular Hbond substituents is 2. The molecule has 0 spiro atoms. The Hall–Kier alpha value is -2.13. The Bertz CT molecular complexity index is 628. The number of allylic oxidation sites excluding steroid dienone is 1. The zero-order chi connectivity index (χ0) is 13.8. The molecule has 96 valence electrons. The van der Waals surface area contributed by atoms with Gasteiger partial charge in [-0.25, -0.2) is 0 Å². The van der Waals surface area contributed by atoms with E-state index < -0.39 is 0 Å². The Morgan fingerprint density at radius 2 is 1.74 bits per heavy atom. The standard InChI is InChI=1S/C16H14O2S/c1-11-5-7-12(8-6-11)15(19)10-9-13-3-2-4-14(17)16(13)18/h2-10,17-18H,1H3. The highest BCUT2D eigenvalue weighted by Gasteiger charge is 2.03. The van der Waals surface area contributed by atoms with Crippen molar-refractivity contribution in [2.24, 2.45) is 0 Å². The van der Waals surface area contributed by atoms with E-state index >= 15 is 0 Å². The second kappa shape index (κ2) is 5.67. The molecular weight excluding hydrogens is 256 g/mol. The maximum Gasteiger partial charge on any atom is 0.164 e. The smallest absolute Gasteiger partial charge is 0.164 e. The summed E-state index contributed by atoms with van der Waals surface area (Å²) in [6.45, 7) is 2.02. The SMILES string of the molecule is Cc1ccc(C(=S)C=Cc2cccc(O)c2O)cc1. The maximum absolute atomic E-state index is 9.67. The molecule has 0 atom stereocenters. The molecule has 2 aromatic carbocycles. The normalized spacial score (nSPS) is 10.8. The maximum atomic E-state index is 9.67. The van der Waals surface area contributed by atoms with Crippen molar-refractivity contribution in [3.63, 3.8) is 0 Å². The van der Waals surface area contributed by atoms with Crippen LogP contribution in [0.4, 0.5) is 0 Å². The van der Waals surface area contributed by atoms with Crippen LogP contribution < -0.4 is 0 Å². The monoisotopic (exact) mass is 270 g/mol. The van der Waals surface area contributed by atoms with Crippen molar-refractivity contribution >= 4 is 23.2 Å². The zero-order valence-electron chi connectivity index (χ0n) is 10.5.